The van der Waals surface area contributed by atoms with Crippen LogP contribution in [0.1, 0.15) is 22.3 Å². The van der Waals surface area contributed by atoms with Gasteiger partial charge in [-0.1, -0.05) is 126 Å². The van der Waals surface area contributed by atoms with Gasteiger partial charge in [0.2, 0.25) is 0 Å². The Morgan fingerprint density at radius 2 is 1.09 bits per heavy atom. The van der Waals surface area contributed by atoms with Crippen LogP contribution in [0, 0.1) is 0 Å². The molecule has 5 rings (SSSR count). The molecule has 0 unspecified atom stereocenters. The molecule has 1 heterocycles. The number of nitrogens with zero attached hydrogens (tertiary/aromatic N) is 3. The minimum atomic E-state index is -1.41. The normalized spacial score (nSPS) is 21.5. The van der Waals surface area contributed by atoms with E-state index in [0.29, 0.717) is 0 Å². The number of hydrogen-bond acceptors (Lipinski definition) is 8. The third kappa shape index (κ3) is 9.02. The van der Waals surface area contributed by atoms with Gasteiger partial charge in [0.1, 0.15) is 31.0 Å². The molecule has 10 nitrogen and oxygen atoms in total. The van der Waals surface area contributed by atoms with Crippen LogP contribution in [0.15, 0.2) is 126 Å². The zero-order valence-corrected chi connectivity index (χ0v) is 25.5. The van der Waals surface area contributed by atoms with Gasteiger partial charge in [-0.3, -0.25) is 4.79 Å². The van der Waals surface area contributed by atoms with Crippen molar-refractivity contribution >= 4 is 5.97 Å². The number of rotatable bonds is 15. The highest BCUT2D eigenvalue weighted by Crippen LogP contribution is 2.33. The predicted octanol–water partition coefficient (Wildman–Crippen LogP) is 6.54. The van der Waals surface area contributed by atoms with Crippen molar-refractivity contribution in [2.24, 2.45) is 5.11 Å². The lowest BCUT2D eigenvalue weighted by Crippen LogP contribution is -2.64. The molecule has 46 heavy (non-hydrogen) atoms. The van der Waals surface area contributed by atoms with Gasteiger partial charge in [-0.2, -0.15) is 0 Å². The molecule has 0 aromatic heterocycles. The quantitative estimate of drug-likeness (QED) is 0.0638. The number of esters is 1. The molecule has 0 radical (unpaired) electrons. The van der Waals surface area contributed by atoms with Gasteiger partial charge in [0.25, 0.3) is 0 Å². The standard InChI is InChI=1S/C36H37N3O7/c1-41-36-34(44-24-28-18-10-4-11-19-28)33(43-23-27-16-8-3-9-17-27)32(42-22-26-14-6-2-7-15-26)31(46-36)30(38-39-37)35(40)45-25-29-20-12-5-13-21-29/h2-21,30-34,36H,22-25H2,1H3/t30-,31+,32+,33-,34+,36-/m0/s1. The zero-order valence-electron chi connectivity index (χ0n) is 25.5. The van der Waals surface area contributed by atoms with Crippen molar-refractivity contribution in [3.63, 3.8) is 0 Å². The number of carbonyl (C=O) groups is 1. The van der Waals surface area contributed by atoms with E-state index in [9.17, 15) is 10.3 Å². The third-order valence-electron chi connectivity index (χ3n) is 7.57. The van der Waals surface area contributed by atoms with Crippen LogP contribution in [-0.4, -0.2) is 49.8 Å². The summed E-state index contributed by atoms with van der Waals surface area (Å²) in [6.45, 7) is 0.621. The fraction of sp³-hybridized carbons (Fsp3) is 0.306. The van der Waals surface area contributed by atoms with Crippen molar-refractivity contribution in [2.45, 2.75) is 63.2 Å². The van der Waals surface area contributed by atoms with Gasteiger partial charge in [0.15, 0.2) is 12.3 Å². The topological polar surface area (TPSA) is 121 Å². The van der Waals surface area contributed by atoms with Crippen molar-refractivity contribution in [2.75, 3.05) is 7.11 Å². The summed E-state index contributed by atoms with van der Waals surface area (Å²) in [5.41, 5.74) is 13.1. The lowest BCUT2D eigenvalue weighted by molar-refractivity contribution is -0.320. The minimum Gasteiger partial charge on any atom is -0.460 e. The fourth-order valence-electron chi connectivity index (χ4n) is 5.25. The van der Waals surface area contributed by atoms with Crippen molar-refractivity contribution in [1.29, 1.82) is 0 Å². The van der Waals surface area contributed by atoms with Gasteiger partial charge in [-0.15, -0.1) is 0 Å². The lowest BCUT2D eigenvalue weighted by Gasteiger charge is -2.46. The molecule has 0 N–H and O–H groups in total. The first kappa shape index (κ1) is 32.8. The molecule has 6 atom stereocenters. The highest BCUT2D eigenvalue weighted by Gasteiger charge is 2.52. The van der Waals surface area contributed by atoms with E-state index in [4.69, 9.17) is 28.4 Å². The van der Waals surface area contributed by atoms with Gasteiger partial charge < -0.3 is 28.4 Å². The molecule has 0 spiro atoms. The SMILES string of the molecule is CO[C@H]1O[C@H]([C@H](N=[N+]=[N-])C(=O)OCc2ccccc2)[C@@H](OCc2ccccc2)[C@H](OCc2ccccc2)[C@H]1OCc1ccccc1. The maximum atomic E-state index is 13.6. The van der Waals surface area contributed by atoms with E-state index in [0.717, 1.165) is 22.3 Å². The van der Waals surface area contributed by atoms with E-state index in [-0.39, 0.29) is 26.4 Å². The van der Waals surface area contributed by atoms with Crippen LogP contribution >= 0.6 is 0 Å². The van der Waals surface area contributed by atoms with Gasteiger partial charge in [0.05, 0.1) is 19.8 Å². The molecule has 1 aliphatic heterocycles. The van der Waals surface area contributed by atoms with Crippen LogP contribution in [0.5, 0.6) is 0 Å². The van der Waals surface area contributed by atoms with E-state index in [1.54, 1.807) is 0 Å². The monoisotopic (exact) mass is 623 g/mol. The molecule has 238 valence electrons. The van der Waals surface area contributed by atoms with Crippen LogP contribution in [0.2, 0.25) is 0 Å². The molecular formula is C36H37N3O7. The smallest absolute Gasteiger partial charge is 0.318 e. The van der Waals surface area contributed by atoms with E-state index in [1.165, 1.54) is 7.11 Å². The second-order valence-electron chi connectivity index (χ2n) is 10.7. The average Bonchev–Trinajstić information content (AvgIpc) is 3.12. The summed E-state index contributed by atoms with van der Waals surface area (Å²) < 4.78 is 37.3. The first-order valence-electron chi connectivity index (χ1n) is 15.1. The highest BCUT2D eigenvalue weighted by atomic mass is 16.7. The first-order valence-corrected chi connectivity index (χ1v) is 15.1. The predicted molar refractivity (Wildman–Crippen MR) is 170 cm³/mol. The Balaban J connectivity index is 1.48. The Morgan fingerprint density at radius 3 is 1.52 bits per heavy atom. The second kappa shape index (κ2) is 17.2. The van der Waals surface area contributed by atoms with Crippen LogP contribution < -0.4 is 0 Å². The summed E-state index contributed by atoms with van der Waals surface area (Å²) in [5.74, 6) is -0.764. The molecule has 0 bridgehead atoms. The fourth-order valence-corrected chi connectivity index (χ4v) is 5.25. The Hall–Kier alpha value is -4.54. The van der Waals surface area contributed by atoms with E-state index in [2.05, 4.69) is 10.0 Å². The Bertz CT molecular complexity index is 1520. The molecule has 4 aromatic rings. The molecule has 0 aliphatic carbocycles. The summed E-state index contributed by atoms with van der Waals surface area (Å²) in [7, 11) is 1.48. The summed E-state index contributed by atoms with van der Waals surface area (Å²) in [6, 6.07) is 36.8. The van der Waals surface area contributed by atoms with Crippen molar-refractivity contribution in [3.05, 3.63) is 154 Å². The van der Waals surface area contributed by atoms with Crippen molar-refractivity contribution < 1.29 is 33.2 Å². The molecule has 0 amide bonds. The average molecular weight is 624 g/mol. The number of azide groups is 1. The number of benzene rings is 4. The molecular weight excluding hydrogens is 586 g/mol. The highest BCUT2D eigenvalue weighted by molar-refractivity contribution is 5.77. The summed E-state index contributed by atoms with van der Waals surface area (Å²) in [4.78, 5) is 16.5. The maximum absolute atomic E-state index is 13.6. The molecule has 4 aromatic carbocycles. The lowest BCUT2D eigenvalue weighted by atomic mass is 9.93. The number of methoxy groups -OCH3 is 1. The molecule has 0 saturated carbocycles. The molecule has 1 aliphatic rings. The maximum Gasteiger partial charge on any atom is 0.318 e. The van der Waals surface area contributed by atoms with Crippen molar-refractivity contribution in [1.82, 2.24) is 0 Å². The summed E-state index contributed by atoms with van der Waals surface area (Å²) in [5, 5.41) is 3.85. The number of carbonyl (C=O) groups excluding carboxylic acids is 1. The largest absolute Gasteiger partial charge is 0.460 e. The molecule has 10 heteroatoms. The summed E-state index contributed by atoms with van der Waals surface area (Å²) >= 11 is 0. The van der Waals surface area contributed by atoms with E-state index >= 15 is 0 Å². The van der Waals surface area contributed by atoms with Crippen LogP contribution in [-0.2, 0) is 59.6 Å². The molecule has 1 saturated heterocycles. The Labute approximate surface area is 268 Å². The van der Waals surface area contributed by atoms with Gasteiger partial charge in [-0.25, -0.2) is 0 Å². The van der Waals surface area contributed by atoms with Gasteiger partial charge in [0, 0.05) is 12.0 Å². The second-order valence-corrected chi connectivity index (χ2v) is 10.7. The number of ether oxygens (including phenoxy) is 6. The Morgan fingerprint density at radius 1 is 0.674 bits per heavy atom. The van der Waals surface area contributed by atoms with Crippen molar-refractivity contribution in [3.8, 4) is 0 Å². The third-order valence-corrected chi connectivity index (χ3v) is 7.57. The first-order chi connectivity index (χ1) is 22.7. The van der Waals surface area contributed by atoms with E-state index < -0.39 is 42.7 Å². The van der Waals surface area contributed by atoms with Crippen LogP contribution in [0.4, 0.5) is 0 Å². The summed E-state index contributed by atoms with van der Waals surface area (Å²) in [6.07, 6.45) is -4.65. The van der Waals surface area contributed by atoms with Gasteiger partial charge in [-0.05, 0) is 27.8 Å². The van der Waals surface area contributed by atoms with Crippen LogP contribution in [0.25, 0.3) is 10.4 Å². The molecule has 1 fully saturated rings. The van der Waals surface area contributed by atoms with Crippen LogP contribution in [0.3, 0.4) is 0 Å². The van der Waals surface area contributed by atoms with Gasteiger partial charge >= 0.3 is 5.97 Å². The minimum absolute atomic E-state index is 0.0101. The van der Waals surface area contributed by atoms with E-state index in [1.807, 2.05) is 121 Å². The zero-order chi connectivity index (χ0) is 32.0. The Kier molecular flexibility index (Phi) is 12.3. The number of hydrogen-bond donors (Lipinski definition) is 0.